The number of nitrogens with zero attached hydrogens (tertiary/aromatic N) is 2. The maximum absolute atomic E-state index is 5.57. The van der Waals surface area contributed by atoms with Gasteiger partial charge in [0.2, 0.25) is 0 Å². The van der Waals surface area contributed by atoms with Crippen molar-refractivity contribution in [1.82, 2.24) is 10.2 Å². The molecule has 0 aromatic heterocycles. The summed E-state index contributed by atoms with van der Waals surface area (Å²) in [6.07, 6.45) is 0. The Hall–Kier alpha value is -2.73. The Kier molecular flexibility index (Phi) is 9.31. The fourth-order valence-electron chi connectivity index (χ4n) is 2.99. The SMILES string of the molecule is CCOc1ccc(NC(=NC)NCc2ccc(CN(CC)CC)cc2)cc1OC. The topological polar surface area (TPSA) is 58.1 Å². The van der Waals surface area contributed by atoms with Crippen LogP contribution >= 0.6 is 0 Å². The van der Waals surface area contributed by atoms with Crippen LogP contribution in [0.3, 0.4) is 0 Å². The highest BCUT2D eigenvalue weighted by molar-refractivity contribution is 5.93. The number of benzene rings is 2. The number of hydrogen-bond acceptors (Lipinski definition) is 4. The lowest BCUT2D eigenvalue weighted by Crippen LogP contribution is -2.30. The summed E-state index contributed by atoms with van der Waals surface area (Å²) in [6.45, 7) is 10.8. The molecule has 158 valence electrons. The number of ether oxygens (including phenoxy) is 2. The molecule has 2 rings (SSSR count). The van der Waals surface area contributed by atoms with E-state index in [9.17, 15) is 0 Å². The zero-order chi connectivity index (χ0) is 21.1. The van der Waals surface area contributed by atoms with Crippen LogP contribution in [0.4, 0.5) is 5.69 Å². The van der Waals surface area contributed by atoms with Crippen molar-refractivity contribution in [2.45, 2.75) is 33.9 Å². The molecule has 2 aromatic carbocycles. The number of nitrogens with one attached hydrogen (secondary N) is 2. The monoisotopic (exact) mass is 398 g/mol. The zero-order valence-electron chi connectivity index (χ0n) is 18.3. The third-order valence-corrected chi connectivity index (χ3v) is 4.73. The van der Waals surface area contributed by atoms with Gasteiger partial charge in [-0.15, -0.1) is 0 Å². The fourth-order valence-corrected chi connectivity index (χ4v) is 2.99. The van der Waals surface area contributed by atoms with Crippen LogP contribution in [-0.2, 0) is 13.1 Å². The molecule has 2 aromatic rings. The molecule has 0 aliphatic heterocycles. The Labute approximate surface area is 174 Å². The summed E-state index contributed by atoms with van der Waals surface area (Å²) in [6, 6.07) is 14.5. The summed E-state index contributed by atoms with van der Waals surface area (Å²) in [7, 11) is 3.40. The molecule has 0 saturated heterocycles. The first-order valence-corrected chi connectivity index (χ1v) is 10.2. The minimum absolute atomic E-state index is 0.597. The molecule has 0 saturated carbocycles. The van der Waals surface area contributed by atoms with Gasteiger partial charge in [-0.25, -0.2) is 0 Å². The van der Waals surface area contributed by atoms with E-state index in [1.165, 1.54) is 11.1 Å². The Morgan fingerprint density at radius 1 is 0.966 bits per heavy atom. The molecule has 0 aliphatic carbocycles. The van der Waals surface area contributed by atoms with Gasteiger partial charge in [0, 0.05) is 31.9 Å². The van der Waals surface area contributed by atoms with E-state index in [1.807, 2.05) is 25.1 Å². The quantitative estimate of drug-likeness (QED) is 0.466. The molecule has 0 atom stereocenters. The van der Waals surface area contributed by atoms with E-state index in [4.69, 9.17) is 9.47 Å². The molecular weight excluding hydrogens is 364 g/mol. The highest BCUT2D eigenvalue weighted by Crippen LogP contribution is 2.30. The van der Waals surface area contributed by atoms with Gasteiger partial charge >= 0.3 is 0 Å². The van der Waals surface area contributed by atoms with E-state index in [1.54, 1.807) is 14.2 Å². The van der Waals surface area contributed by atoms with Crippen LogP contribution in [-0.4, -0.2) is 44.7 Å². The van der Waals surface area contributed by atoms with Crippen LogP contribution in [0.5, 0.6) is 11.5 Å². The number of hydrogen-bond donors (Lipinski definition) is 2. The Balaban J connectivity index is 1.94. The van der Waals surface area contributed by atoms with Crippen molar-refractivity contribution in [2.75, 3.05) is 39.2 Å². The first kappa shape index (κ1) is 22.6. The summed E-state index contributed by atoms with van der Waals surface area (Å²) in [4.78, 5) is 6.71. The second kappa shape index (κ2) is 12.0. The summed E-state index contributed by atoms with van der Waals surface area (Å²) in [5.74, 6) is 2.12. The van der Waals surface area contributed by atoms with Gasteiger partial charge in [-0.3, -0.25) is 9.89 Å². The molecule has 0 radical (unpaired) electrons. The molecule has 2 N–H and O–H groups in total. The van der Waals surface area contributed by atoms with E-state index in [0.29, 0.717) is 24.9 Å². The van der Waals surface area contributed by atoms with Crippen LogP contribution in [0.2, 0.25) is 0 Å². The van der Waals surface area contributed by atoms with Gasteiger partial charge in [0.05, 0.1) is 13.7 Å². The normalized spacial score (nSPS) is 11.4. The Bertz CT molecular complexity index is 771. The van der Waals surface area contributed by atoms with Crippen LogP contribution < -0.4 is 20.1 Å². The average molecular weight is 399 g/mol. The van der Waals surface area contributed by atoms with E-state index < -0.39 is 0 Å². The van der Waals surface area contributed by atoms with Gasteiger partial charge in [-0.1, -0.05) is 38.1 Å². The molecule has 0 amide bonds. The van der Waals surface area contributed by atoms with Gasteiger partial charge in [0.15, 0.2) is 17.5 Å². The van der Waals surface area contributed by atoms with E-state index in [2.05, 4.69) is 58.6 Å². The van der Waals surface area contributed by atoms with E-state index in [-0.39, 0.29) is 0 Å². The Morgan fingerprint density at radius 2 is 1.66 bits per heavy atom. The molecule has 0 aliphatic rings. The lowest BCUT2D eigenvalue weighted by molar-refractivity contribution is 0.296. The molecule has 0 spiro atoms. The predicted molar refractivity (Wildman–Crippen MR) is 121 cm³/mol. The zero-order valence-corrected chi connectivity index (χ0v) is 18.3. The third kappa shape index (κ3) is 6.98. The van der Waals surface area contributed by atoms with Crippen molar-refractivity contribution in [1.29, 1.82) is 0 Å². The molecule has 29 heavy (non-hydrogen) atoms. The highest BCUT2D eigenvalue weighted by atomic mass is 16.5. The smallest absolute Gasteiger partial charge is 0.195 e. The van der Waals surface area contributed by atoms with Crippen LogP contribution in [0.25, 0.3) is 0 Å². The van der Waals surface area contributed by atoms with Gasteiger partial charge in [-0.2, -0.15) is 0 Å². The first-order valence-electron chi connectivity index (χ1n) is 10.2. The maximum atomic E-state index is 5.57. The summed E-state index contributed by atoms with van der Waals surface area (Å²) in [5.41, 5.74) is 3.43. The predicted octanol–water partition coefficient (Wildman–Crippen LogP) is 4.12. The van der Waals surface area contributed by atoms with Crippen molar-refractivity contribution in [3.8, 4) is 11.5 Å². The van der Waals surface area contributed by atoms with Gasteiger partial charge in [-0.05, 0) is 43.3 Å². The van der Waals surface area contributed by atoms with Crippen molar-refractivity contribution in [3.05, 3.63) is 53.6 Å². The van der Waals surface area contributed by atoms with E-state index >= 15 is 0 Å². The minimum Gasteiger partial charge on any atom is -0.493 e. The number of rotatable bonds is 10. The fraction of sp³-hybridized carbons (Fsp3) is 0.435. The second-order valence-electron chi connectivity index (χ2n) is 6.63. The number of anilines is 1. The minimum atomic E-state index is 0.597. The van der Waals surface area contributed by atoms with Crippen molar-refractivity contribution in [3.63, 3.8) is 0 Å². The molecule has 0 bridgehead atoms. The summed E-state index contributed by atoms with van der Waals surface area (Å²) >= 11 is 0. The molecule has 6 nitrogen and oxygen atoms in total. The van der Waals surface area contributed by atoms with E-state index in [0.717, 1.165) is 31.1 Å². The van der Waals surface area contributed by atoms with Crippen molar-refractivity contribution < 1.29 is 9.47 Å². The number of guanidine groups is 1. The van der Waals surface area contributed by atoms with Crippen LogP contribution in [0.15, 0.2) is 47.5 Å². The lowest BCUT2D eigenvalue weighted by atomic mass is 10.1. The summed E-state index contributed by atoms with van der Waals surface area (Å²) < 4.78 is 11.0. The Morgan fingerprint density at radius 3 is 2.24 bits per heavy atom. The third-order valence-electron chi connectivity index (χ3n) is 4.73. The standard InChI is InChI=1S/C23H34N4O2/c1-6-27(7-2)17-19-11-9-18(10-12-19)16-25-23(24-4)26-20-13-14-21(29-8-3)22(15-20)28-5/h9-15H,6-8,16-17H2,1-5H3,(H2,24,25,26). The van der Waals surface area contributed by atoms with Crippen molar-refractivity contribution >= 4 is 11.6 Å². The molecule has 0 heterocycles. The van der Waals surface area contributed by atoms with Gasteiger partial charge < -0.3 is 20.1 Å². The van der Waals surface area contributed by atoms with Crippen LogP contribution in [0, 0.1) is 0 Å². The average Bonchev–Trinajstić information content (AvgIpc) is 2.76. The maximum Gasteiger partial charge on any atom is 0.195 e. The number of aliphatic imine (C=N–C) groups is 1. The molecule has 6 heteroatoms. The lowest BCUT2D eigenvalue weighted by Gasteiger charge is -2.18. The molecular formula is C23H34N4O2. The number of methoxy groups -OCH3 is 1. The molecule has 0 unspecified atom stereocenters. The van der Waals surface area contributed by atoms with Crippen molar-refractivity contribution in [2.24, 2.45) is 4.99 Å². The summed E-state index contributed by atoms with van der Waals surface area (Å²) in [5, 5.41) is 6.64. The van der Waals surface area contributed by atoms with Gasteiger partial charge in [0.1, 0.15) is 0 Å². The van der Waals surface area contributed by atoms with Crippen LogP contribution in [0.1, 0.15) is 31.9 Å². The second-order valence-corrected chi connectivity index (χ2v) is 6.63. The highest BCUT2D eigenvalue weighted by Gasteiger charge is 2.07. The largest absolute Gasteiger partial charge is 0.493 e. The first-order chi connectivity index (χ1) is 14.1. The van der Waals surface area contributed by atoms with Gasteiger partial charge in [0.25, 0.3) is 0 Å². The molecule has 0 fully saturated rings.